The van der Waals surface area contributed by atoms with Crippen molar-refractivity contribution in [2.75, 3.05) is 38.6 Å². The largest absolute Gasteiger partial charge is 0.497 e. The number of nitrogens with zero attached hydrogens (tertiary/aromatic N) is 1. The molecule has 1 fully saturated rings. The minimum atomic E-state index is -0.966. The highest BCUT2D eigenvalue weighted by atomic mass is 16.5. The number of carbonyl (C=O) groups is 2. The van der Waals surface area contributed by atoms with Crippen LogP contribution in [-0.4, -0.2) is 61.2 Å². The summed E-state index contributed by atoms with van der Waals surface area (Å²) in [6.45, 7) is 2.74. The van der Waals surface area contributed by atoms with E-state index in [0.29, 0.717) is 24.5 Å². The molecule has 1 amide bonds. The molecule has 1 aromatic rings. The van der Waals surface area contributed by atoms with E-state index in [1.165, 1.54) is 0 Å². The fourth-order valence-electron chi connectivity index (χ4n) is 2.43. The fourth-order valence-corrected chi connectivity index (χ4v) is 2.43. The number of hydrogen-bond donors (Lipinski definition) is 3. The van der Waals surface area contributed by atoms with Gasteiger partial charge in [0.1, 0.15) is 11.8 Å². The van der Waals surface area contributed by atoms with Crippen molar-refractivity contribution in [1.29, 1.82) is 0 Å². The Morgan fingerprint density at radius 1 is 1.32 bits per heavy atom. The summed E-state index contributed by atoms with van der Waals surface area (Å²) < 4.78 is 5.05. The molecule has 1 aliphatic rings. The van der Waals surface area contributed by atoms with Gasteiger partial charge in [0, 0.05) is 31.9 Å². The van der Waals surface area contributed by atoms with Crippen LogP contribution in [0.15, 0.2) is 24.3 Å². The maximum absolute atomic E-state index is 12.1. The van der Waals surface area contributed by atoms with E-state index >= 15 is 0 Å². The van der Waals surface area contributed by atoms with Gasteiger partial charge in [0.2, 0.25) is 5.91 Å². The van der Waals surface area contributed by atoms with Gasteiger partial charge in [-0.05, 0) is 24.3 Å². The van der Waals surface area contributed by atoms with Crippen LogP contribution in [0, 0.1) is 0 Å². The van der Waals surface area contributed by atoms with Crippen molar-refractivity contribution >= 4 is 17.6 Å². The SMILES string of the molecule is COc1ccc(NC(=O)C[C@@H](C(=O)O)N2CCNCC2)cc1. The first-order chi connectivity index (χ1) is 10.6. The number of aliphatic carboxylic acids is 1. The zero-order chi connectivity index (χ0) is 15.9. The molecule has 1 saturated heterocycles. The van der Waals surface area contributed by atoms with Gasteiger partial charge in [-0.15, -0.1) is 0 Å². The lowest BCUT2D eigenvalue weighted by molar-refractivity contribution is -0.145. The van der Waals surface area contributed by atoms with Crippen LogP contribution in [0.3, 0.4) is 0 Å². The molecule has 0 spiro atoms. The van der Waals surface area contributed by atoms with Gasteiger partial charge in [0.15, 0.2) is 0 Å². The molecule has 1 aromatic carbocycles. The first-order valence-electron chi connectivity index (χ1n) is 7.21. The lowest BCUT2D eigenvalue weighted by Gasteiger charge is -2.32. The third-order valence-corrected chi connectivity index (χ3v) is 3.63. The van der Waals surface area contributed by atoms with Gasteiger partial charge < -0.3 is 20.5 Å². The van der Waals surface area contributed by atoms with E-state index in [1.807, 2.05) is 4.90 Å². The molecule has 1 atom stereocenters. The van der Waals surface area contributed by atoms with Crippen molar-refractivity contribution in [3.8, 4) is 5.75 Å². The number of carboxylic acids is 1. The van der Waals surface area contributed by atoms with Crippen molar-refractivity contribution in [1.82, 2.24) is 10.2 Å². The molecule has 7 heteroatoms. The average Bonchev–Trinajstić information content (AvgIpc) is 2.54. The Morgan fingerprint density at radius 3 is 2.50 bits per heavy atom. The molecule has 7 nitrogen and oxygen atoms in total. The van der Waals surface area contributed by atoms with E-state index in [1.54, 1.807) is 31.4 Å². The van der Waals surface area contributed by atoms with Crippen molar-refractivity contribution in [3.05, 3.63) is 24.3 Å². The van der Waals surface area contributed by atoms with Gasteiger partial charge >= 0.3 is 5.97 Å². The molecule has 0 bridgehead atoms. The highest BCUT2D eigenvalue weighted by Gasteiger charge is 2.28. The minimum absolute atomic E-state index is 0.0681. The maximum atomic E-state index is 12.1. The van der Waals surface area contributed by atoms with Crippen LogP contribution in [0.2, 0.25) is 0 Å². The molecule has 1 heterocycles. The summed E-state index contributed by atoms with van der Waals surface area (Å²) in [7, 11) is 1.57. The molecule has 1 aliphatic heterocycles. The number of amides is 1. The number of hydrogen-bond acceptors (Lipinski definition) is 5. The van der Waals surface area contributed by atoms with E-state index in [2.05, 4.69) is 10.6 Å². The second-order valence-corrected chi connectivity index (χ2v) is 5.12. The Labute approximate surface area is 129 Å². The summed E-state index contributed by atoms with van der Waals surface area (Å²) in [6.07, 6.45) is -0.0681. The zero-order valence-corrected chi connectivity index (χ0v) is 12.5. The van der Waals surface area contributed by atoms with Gasteiger partial charge in [-0.2, -0.15) is 0 Å². The number of benzene rings is 1. The number of nitrogens with one attached hydrogen (secondary N) is 2. The number of methoxy groups -OCH3 is 1. The third-order valence-electron chi connectivity index (χ3n) is 3.63. The summed E-state index contributed by atoms with van der Waals surface area (Å²) in [5, 5.41) is 15.2. The highest BCUT2D eigenvalue weighted by molar-refractivity contribution is 5.94. The summed E-state index contributed by atoms with van der Waals surface area (Å²) in [6, 6.07) is 6.12. The number of piperazine rings is 1. The molecule has 0 unspecified atom stereocenters. The molecule has 0 radical (unpaired) electrons. The van der Waals surface area contributed by atoms with E-state index in [4.69, 9.17) is 4.74 Å². The Hall–Kier alpha value is -2.12. The Kier molecular flexibility index (Phi) is 5.74. The Bertz CT molecular complexity index is 512. The van der Waals surface area contributed by atoms with Crippen molar-refractivity contribution in [2.24, 2.45) is 0 Å². The van der Waals surface area contributed by atoms with Crippen molar-refractivity contribution in [2.45, 2.75) is 12.5 Å². The molecule has 0 aromatic heterocycles. The van der Waals surface area contributed by atoms with Crippen LogP contribution >= 0.6 is 0 Å². The standard InChI is InChI=1S/C15H21N3O4/c1-22-12-4-2-11(3-5-12)17-14(19)10-13(15(20)21)18-8-6-16-7-9-18/h2-5,13,16H,6-10H2,1H3,(H,17,19)(H,20,21)/t13-/m0/s1. The number of rotatable bonds is 6. The first kappa shape index (κ1) is 16.3. The van der Waals surface area contributed by atoms with Crippen LogP contribution in [0.5, 0.6) is 5.75 Å². The van der Waals surface area contributed by atoms with E-state index < -0.39 is 12.0 Å². The highest BCUT2D eigenvalue weighted by Crippen LogP contribution is 2.16. The van der Waals surface area contributed by atoms with Crippen molar-refractivity contribution < 1.29 is 19.4 Å². The summed E-state index contributed by atoms with van der Waals surface area (Å²) >= 11 is 0. The second kappa shape index (κ2) is 7.77. The normalized spacial score (nSPS) is 16.8. The number of carbonyl (C=O) groups excluding carboxylic acids is 1. The topological polar surface area (TPSA) is 90.9 Å². The predicted molar refractivity (Wildman–Crippen MR) is 82.1 cm³/mol. The van der Waals surface area contributed by atoms with Gasteiger partial charge in [-0.3, -0.25) is 14.5 Å². The van der Waals surface area contributed by atoms with Gasteiger partial charge in [0.25, 0.3) is 0 Å². The zero-order valence-electron chi connectivity index (χ0n) is 12.5. The van der Waals surface area contributed by atoms with Crippen LogP contribution in [0.1, 0.15) is 6.42 Å². The van der Waals surface area contributed by atoms with Crippen LogP contribution in [0.25, 0.3) is 0 Å². The molecule has 2 rings (SSSR count). The Balaban J connectivity index is 1.93. The van der Waals surface area contributed by atoms with E-state index in [0.717, 1.165) is 13.1 Å². The monoisotopic (exact) mass is 307 g/mol. The molecule has 120 valence electrons. The number of anilines is 1. The molecule has 0 aliphatic carbocycles. The first-order valence-corrected chi connectivity index (χ1v) is 7.21. The summed E-state index contributed by atoms with van der Waals surface area (Å²) in [4.78, 5) is 25.3. The number of ether oxygens (including phenoxy) is 1. The van der Waals surface area contributed by atoms with Gasteiger partial charge in [-0.25, -0.2) is 0 Å². The molecule has 0 saturated carbocycles. The van der Waals surface area contributed by atoms with Crippen molar-refractivity contribution in [3.63, 3.8) is 0 Å². The van der Waals surface area contributed by atoms with Crippen LogP contribution in [0.4, 0.5) is 5.69 Å². The van der Waals surface area contributed by atoms with Crippen LogP contribution < -0.4 is 15.4 Å². The fraction of sp³-hybridized carbons (Fsp3) is 0.467. The van der Waals surface area contributed by atoms with E-state index in [9.17, 15) is 14.7 Å². The molecular weight excluding hydrogens is 286 g/mol. The number of carboxylic acid groups (broad SMARTS) is 1. The third kappa shape index (κ3) is 4.44. The quantitative estimate of drug-likeness (QED) is 0.704. The molecule has 22 heavy (non-hydrogen) atoms. The second-order valence-electron chi connectivity index (χ2n) is 5.12. The Morgan fingerprint density at radius 2 is 1.95 bits per heavy atom. The average molecular weight is 307 g/mol. The van der Waals surface area contributed by atoms with Gasteiger partial charge in [-0.1, -0.05) is 0 Å². The molecule has 3 N–H and O–H groups in total. The van der Waals surface area contributed by atoms with Gasteiger partial charge in [0.05, 0.1) is 13.5 Å². The summed E-state index contributed by atoms with van der Waals surface area (Å²) in [5.74, 6) is -0.579. The van der Waals surface area contributed by atoms with Crippen LogP contribution in [-0.2, 0) is 9.59 Å². The van der Waals surface area contributed by atoms with E-state index in [-0.39, 0.29) is 12.3 Å². The smallest absolute Gasteiger partial charge is 0.321 e. The predicted octanol–water partition coefficient (Wildman–Crippen LogP) is 0.382. The lowest BCUT2D eigenvalue weighted by Crippen LogP contribution is -2.52. The lowest BCUT2D eigenvalue weighted by atomic mass is 10.1. The summed E-state index contributed by atoms with van der Waals surface area (Å²) in [5.41, 5.74) is 0.621. The minimum Gasteiger partial charge on any atom is -0.497 e. The molecular formula is C15H21N3O4. The maximum Gasteiger partial charge on any atom is 0.321 e.